The highest BCUT2D eigenvalue weighted by molar-refractivity contribution is 5.80. The van der Waals surface area contributed by atoms with Gasteiger partial charge in [-0.1, -0.05) is 6.07 Å². The van der Waals surface area contributed by atoms with Gasteiger partial charge in [0.15, 0.2) is 12.6 Å². The van der Waals surface area contributed by atoms with Gasteiger partial charge in [-0.05, 0) is 25.8 Å². The summed E-state index contributed by atoms with van der Waals surface area (Å²) in [4.78, 5) is 10.7. The number of pyridine rings is 1. The number of likely N-dealkylation sites (tertiary alicyclic amines) is 1. The Morgan fingerprint density at radius 1 is 1.44 bits per heavy atom. The van der Waals surface area contributed by atoms with Gasteiger partial charge in [0, 0.05) is 43.4 Å². The molecule has 0 aliphatic carbocycles. The quantitative estimate of drug-likeness (QED) is 0.623. The number of guanidine groups is 1. The lowest BCUT2D eigenvalue weighted by atomic mass is 9.87. The van der Waals surface area contributed by atoms with Crippen molar-refractivity contribution in [2.45, 2.75) is 32.5 Å². The Bertz CT molecular complexity index is 660. The van der Waals surface area contributed by atoms with E-state index in [1.165, 1.54) is 6.20 Å². The molecule has 2 aliphatic heterocycles. The van der Waals surface area contributed by atoms with Crippen molar-refractivity contribution in [3.63, 3.8) is 0 Å². The predicted octanol–water partition coefficient (Wildman–Crippen LogP) is 2.60. The Kier molecular flexibility index (Phi) is 6.08. The molecule has 1 N–H and O–H groups in total. The number of hydrogen-bond donors (Lipinski definition) is 1. The van der Waals surface area contributed by atoms with Gasteiger partial charge in [0.25, 0.3) is 0 Å². The zero-order valence-corrected chi connectivity index (χ0v) is 15.4. The highest BCUT2D eigenvalue weighted by Crippen LogP contribution is 2.38. The normalized spacial score (nSPS) is 23.3. The fourth-order valence-corrected chi connectivity index (χ4v) is 3.50. The summed E-state index contributed by atoms with van der Waals surface area (Å²) in [5.74, 6) is 0.725. The summed E-state index contributed by atoms with van der Waals surface area (Å²) in [6.45, 7) is 4.88. The minimum Gasteiger partial charge on any atom is -0.468 e. The van der Waals surface area contributed by atoms with Crippen LogP contribution in [0, 0.1) is 5.41 Å². The molecule has 2 aliphatic rings. The second-order valence-corrected chi connectivity index (χ2v) is 7.02. The molecule has 0 saturated carbocycles. The van der Waals surface area contributed by atoms with E-state index < -0.39 is 12.8 Å². The lowest BCUT2D eigenvalue weighted by molar-refractivity contribution is -0.154. The van der Waals surface area contributed by atoms with Crippen molar-refractivity contribution < 1.29 is 22.6 Å². The van der Waals surface area contributed by atoms with Crippen LogP contribution >= 0.6 is 0 Å². The van der Waals surface area contributed by atoms with Crippen LogP contribution in [-0.2, 0) is 11.3 Å². The molecule has 1 spiro atoms. The van der Waals surface area contributed by atoms with Gasteiger partial charge in [-0.25, -0.2) is 9.98 Å². The standard InChI is InChI=1S/C18H25F3N4O2/c1-2-22-16(25-8-5-17(11-25)6-9-26-12-17)24-10-14-4-3-7-23-15(14)27-13-18(19,20)21/h3-4,7H,2,5-6,8-13H2,1H3,(H,22,24). The van der Waals surface area contributed by atoms with E-state index in [0.29, 0.717) is 12.1 Å². The first-order valence-corrected chi connectivity index (χ1v) is 9.15. The molecule has 1 aromatic heterocycles. The summed E-state index contributed by atoms with van der Waals surface area (Å²) in [6.07, 6.45) is -0.875. The molecule has 2 saturated heterocycles. The maximum absolute atomic E-state index is 12.4. The van der Waals surface area contributed by atoms with E-state index in [-0.39, 0.29) is 17.8 Å². The third kappa shape index (κ3) is 5.24. The first-order valence-electron chi connectivity index (χ1n) is 9.15. The Morgan fingerprint density at radius 2 is 2.30 bits per heavy atom. The van der Waals surface area contributed by atoms with Crippen LogP contribution < -0.4 is 10.1 Å². The number of aromatic nitrogens is 1. The summed E-state index contributed by atoms with van der Waals surface area (Å²) in [5.41, 5.74) is 0.723. The largest absolute Gasteiger partial charge is 0.468 e. The van der Waals surface area contributed by atoms with Gasteiger partial charge >= 0.3 is 6.18 Å². The number of ether oxygens (including phenoxy) is 2. The molecule has 0 bridgehead atoms. The smallest absolute Gasteiger partial charge is 0.422 e. The highest BCUT2D eigenvalue weighted by atomic mass is 19.4. The molecule has 9 heteroatoms. The first-order chi connectivity index (χ1) is 12.9. The number of aliphatic imine (C=N–C) groups is 1. The van der Waals surface area contributed by atoms with E-state index in [1.807, 2.05) is 6.92 Å². The molecular weight excluding hydrogens is 361 g/mol. The van der Waals surface area contributed by atoms with Crippen molar-refractivity contribution in [2.24, 2.45) is 10.4 Å². The van der Waals surface area contributed by atoms with E-state index in [2.05, 4.69) is 20.2 Å². The van der Waals surface area contributed by atoms with Crippen molar-refractivity contribution >= 4 is 5.96 Å². The van der Waals surface area contributed by atoms with Gasteiger partial charge < -0.3 is 19.7 Å². The monoisotopic (exact) mass is 386 g/mol. The van der Waals surface area contributed by atoms with E-state index >= 15 is 0 Å². The molecule has 1 aromatic rings. The van der Waals surface area contributed by atoms with E-state index in [0.717, 1.165) is 45.1 Å². The summed E-state index contributed by atoms with van der Waals surface area (Å²) in [5, 5.41) is 3.27. The Balaban J connectivity index is 1.69. The van der Waals surface area contributed by atoms with Crippen LogP contribution in [0.3, 0.4) is 0 Å². The van der Waals surface area contributed by atoms with Crippen molar-refractivity contribution in [1.29, 1.82) is 0 Å². The molecule has 6 nitrogen and oxygen atoms in total. The van der Waals surface area contributed by atoms with E-state index in [4.69, 9.17) is 9.47 Å². The zero-order chi connectivity index (χ0) is 19.3. The maximum atomic E-state index is 12.4. The lowest BCUT2D eigenvalue weighted by Crippen LogP contribution is -2.41. The van der Waals surface area contributed by atoms with Crippen LogP contribution in [0.5, 0.6) is 5.88 Å². The summed E-state index contributed by atoms with van der Waals surface area (Å²) in [6, 6.07) is 3.35. The summed E-state index contributed by atoms with van der Waals surface area (Å²) < 4.78 is 47.7. The number of halogens is 3. The molecule has 1 atom stereocenters. The number of nitrogens with zero attached hydrogens (tertiary/aromatic N) is 3. The van der Waals surface area contributed by atoms with Crippen LogP contribution in [0.1, 0.15) is 25.3 Å². The molecule has 150 valence electrons. The molecule has 2 fully saturated rings. The van der Waals surface area contributed by atoms with Gasteiger partial charge in [-0.2, -0.15) is 13.2 Å². The minimum absolute atomic E-state index is 0.0310. The average Bonchev–Trinajstić information content (AvgIpc) is 3.27. The Hall–Kier alpha value is -2.03. The van der Waals surface area contributed by atoms with Crippen LogP contribution in [0.25, 0.3) is 0 Å². The van der Waals surface area contributed by atoms with E-state index in [9.17, 15) is 13.2 Å². The fraction of sp³-hybridized carbons (Fsp3) is 0.667. The number of nitrogens with one attached hydrogen (secondary N) is 1. The second-order valence-electron chi connectivity index (χ2n) is 7.02. The lowest BCUT2D eigenvalue weighted by Gasteiger charge is -2.25. The van der Waals surface area contributed by atoms with Crippen molar-refractivity contribution in [3.8, 4) is 5.88 Å². The SMILES string of the molecule is CCNC(=NCc1cccnc1OCC(F)(F)F)N1CCC2(CCOC2)C1. The third-order valence-corrected chi connectivity index (χ3v) is 4.88. The fourth-order valence-electron chi connectivity index (χ4n) is 3.50. The van der Waals surface area contributed by atoms with Crippen molar-refractivity contribution in [1.82, 2.24) is 15.2 Å². The van der Waals surface area contributed by atoms with Gasteiger partial charge in [-0.3, -0.25) is 0 Å². The van der Waals surface area contributed by atoms with Gasteiger partial charge in [0.05, 0.1) is 13.2 Å². The van der Waals surface area contributed by atoms with Gasteiger partial charge in [0.2, 0.25) is 5.88 Å². The molecule has 0 radical (unpaired) electrons. The van der Waals surface area contributed by atoms with Crippen molar-refractivity contribution in [3.05, 3.63) is 23.9 Å². The Morgan fingerprint density at radius 3 is 3.00 bits per heavy atom. The molecule has 0 amide bonds. The molecule has 27 heavy (non-hydrogen) atoms. The van der Waals surface area contributed by atoms with Crippen LogP contribution in [0.2, 0.25) is 0 Å². The van der Waals surface area contributed by atoms with Gasteiger partial charge in [-0.15, -0.1) is 0 Å². The number of rotatable bonds is 5. The zero-order valence-electron chi connectivity index (χ0n) is 15.4. The second kappa shape index (κ2) is 8.33. The van der Waals surface area contributed by atoms with E-state index in [1.54, 1.807) is 12.1 Å². The highest BCUT2D eigenvalue weighted by Gasteiger charge is 2.42. The molecule has 1 unspecified atom stereocenters. The topological polar surface area (TPSA) is 59.0 Å². The molecule has 3 rings (SSSR count). The predicted molar refractivity (Wildman–Crippen MR) is 94.7 cm³/mol. The number of alkyl halides is 3. The minimum atomic E-state index is -4.40. The van der Waals surface area contributed by atoms with Crippen LogP contribution in [0.4, 0.5) is 13.2 Å². The molecular formula is C18H25F3N4O2. The molecule has 0 aromatic carbocycles. The van der Waals surface area contributed by atoms with Gasteiger partial charge in [0.1, 0.15) is 0 Å². The summed E-state index contributed by atoms with van der Waals surface area (Å²) in [7, 11) is 0. The van der Waals surface area contributed by atoms with Crippen molar-refractivity contribution in [2.75, 3.05) is 39.5 Å². The maximum Gasteiger partial charge on any atom is 0.422 e. The Labute approximate surface area is 156 Å². The van der Waals surface area contributed by atoms with Crippen LogP contribution in [0.15, 0.2) is 23.3 Å². The average molecular weight is 386 g/mol. The number of hydrogen-bond acceptors (Lipinski definition) is 4. The third-order valence-electron chi connectivity index (χ3n) is 4.88. The first kappa shape index (κ1) is 19.7. The summed E-state index contributed by atoms with van der Waals surface area (Å²) >= 11 is 0. The van der Waals surface area contributed by atoms with Crippen LogP contribution in [-0.4, -0.2) is 61.5 Å². The molecule has 3 heterocycles.